The Balaban J connectivity index is 1.82. The van der Waals surface area contributed by atoms with Crippen molar-refractivity contribution >= 4 is 11.2 Å². The topological polar surface area (TPSA) is 104 Å². The van der Waals surface area contributed by atoms with Gasteiger partial charge in [-0.3, -0.25) is 23.9 Å². The van der Waals surface area contributed by atoms with Crippen LogP contribution in [-0.4, -0.2) is 30.4 Å². The van der Waals surface area contributed by atoms with Gasteiger partial charge in [0, 0.05) is 25.5 Å². The van der Waals surface area contributed by atoms with Gasteiger partial charge in [0.2, 0.25) is 0 Å². The second kappa shape index (κ2) is 7.87. The third kappa shape index (κ3) is 4.33. The molecule has 0 saturated carbocycles. The number of pyridine rings is 1. The SMILES string of the molecule is Cc1cncc(Cn2c(Oc3cccc(OC(F)(F)F)c3)nc3[nH]c(=O)n(C)c(=O)c32)c1. The molecule has 0 fully saturated rings. The van der Waals surface area contributed by atoms with E-state index in [-0.39, 0.29) is 29.5 Å². The molecule has 1 aromatic carbocycles. The first-order valence-corrected chi connectivity index (χ1v) is 9.24. The summed E-state index contributed by atoms with van der Waals surface area (Å²) in [5.74, 6) is -0.491. The van der Waals surface area contributed by atoms with Gasteiger partial charge in [0.05, 0.1) is 6.54 Å². The maximum Gasteiger partial charge on any atom is 0.573 e. The van der Waals surface area contributed by atoms with E-state index in [1.54, 1.807) is 12.4 Å². The second-order valence-electron chi connectivity index (χ2n) is 6.97. The lowest BCUT2D eigenvalue weighted by atomic mass is 10.2. The quantitative estimate of drug-likeness (QED) is 0.505. The Morgan fingerprint density at radius 1 is 1.12 bits per heavy atom. The number of benzene rings is 1. The van der Waals surface area contributed by atoms with Gasteiger partial charge in [-0.2, -0.15) is 4.98 Å². The number of imidazole rings is 1. The molecule has 0 aliphatic heterocycles. The van der Waals surface area contributed by atoms with Crippen LogP contribution in [0.25, 0.3) is 11.2 Å². The van der Waals surface area contributed by atoms with E-state index in [1.165, 1.54) is 23.7 Å². The fraction of sp³-hybridized carbons (Fsp3) is 0.200. The van der Waals surface area contributed by atoms with Crippen molar-refractivity contribution in [3.05, 3.63) is 74.7 Å². The van der Waals surface area contributed by atoms with Crippen molar-refractivity contribution in [2.45, 2.75) is 19.8 Å². The van der Waals surface area contributed by atoms with E-state index in [0.717, 1.165) is 27.8 Å². The Bertz CT molecular complexity index is 1420. The summed E-state index contributed by atoms with van der Waals surface area (Å²) in [4.78, 5) is 35.6. The van der Waals surface area contributed by atoms with Crippen molar-refractivity contribution in [3.8, 4) is 17.5 Å². The van der Waals surface area contributed by atoms with Crippen LogP contribution in [0.5, 0.6) is 17.5 Å². The molecule has 0 bridgehead atoms. The predicted molar refractivity (Wildman–Crippen MR) is 107 cm³/mol. The second-order valence-corrected chi connectivity index (χ2v) is 6.97. The van der Waals surface area contributed by atoms with Crippen molar-refractivity contribution in [2.24, 2.45) is 7.05 Å². The molecule has 4 aromatic rings. The number of nitrogens with one attached hydrogen (secondary N) is 1. The van der Waals surface area contributed by atoms with E-state index in [4.69, 9.17) is 4.74 Å². The average molecular weight is 447 g/mol. The molecule has 0 atom stereocenters. The van der Waals surface area contributed by atoms with Crippen LogP contribution in [0.2, 0.25) is 0 Å². The first kappa shape index (κ1) is 21.2. The van der Waals surface area contributed by atoms with Crippen molar-refractivity contribution in [3.63, 3.8) is 0 Å². The van der Waals surface area contributed by atoms with E-state index in [9.17, 15) is 22.8 Å². The normalized spacial score (nSPS) is 11.7. The van der Waals surface area contributed by atoms with Gasteiger partial charge in [-0.15, -0.1) is 13.2 Å². The third-order valence-corrected chi connectivity index (χ3v) is 4.49. The molecule has 0 spiro atoms. The maximum absolute atomic E-state index is 12.8. The van der Waals surface area contributed by atoms with Gasteiger partial charge in [0.15, 0.2) is 11.2 Å². The third-order valence-electron chi connectivity index (χ3n) is 4.49. The van der Waals surface area contributed by atoms with Crippen molar-refractivity contribution in [1.82, 2.24) is 24.1 Å². The van der Waals surface area contributed by atoms with Gasteiger partial charge in [-0.1, -0.05) is 12.1 Å². The van der Waals surface area contributed by atoms with E-state index >= 15 is 0 Å². The van der Waals surface area contributed by atoms with E-state index in [2.05, 4.69) is 19.7 Å². The maximum atomic E-state index is 12.8. The Kier molecular flexibility index (Phi) is 5.20. The Labute approximate surface area is 177 Å². The molecule has 3 aromatic heterocycles. The minimum absolute atomic E-state index is 0.00940. The zero-order chi connectivity index (χ0) is 23.0. The summed E-state index contributed by atoms with van der Waals surface area (Å²) in [5, 5.41) is 0. The Morgan fingerprint density at radius 3 is 2.59 bits per heavy atom. The summed E-state index contributed by atoms with van der Waals surface area (Å²) in [6.45, 7) is 1.96. The zero-order valence-corrected chi connectivity index (χ0v) is 16.8. The van der Waals surface area contributed by atoms with Crippen LogP contribution in [0.4, 0.5) is 13.2 Å². The van der Waals surface area contributed by atoms with Crippen LogP contribution < -0.4 is 20.7 Å². The fourth-order valence-electron chi connectivity index (χ4n) is 3.12. The summed E-state index contributed by atoms with van der Waals surface area (Å²) < 4.78 is 49.5. The van der Waals surface area contributed by atoms with Crippen LogP contribution in [-0.2, 0) is 13.6 Å². The van der Waals surface area contributed by atoms with Crippen molar-refractivity contribution in [1.29, 1.82) is 0 Å². The molecular weight excluding hydrogens is 431 g/mol. The molecule has 0 aliphatic carbocycles. The molecule has 1 N–H and O–H groups in total. The van der Waals surface area contributed by atoms with Crippen LogP contribution in [0.15, 0.2) is 52.3 Å². The number of aromatic amines is 1. The molecule has 0 unspecified atom stereocenters. The fourth-order valence-corrected chi connectivity index (χ4v) is 3.12. The van der Waals surface area contributed by atoms with E-state index in [1.807, 2.05) is 13.0 Å². The van der Waals surface area contributed by atoms with Crippen molar-refractivity contribution in [2.75, 3.05) is 0 Å². The lowest BCUT2D eigenvalue weighted by Crippen LogP contribution is -2.33. The number of aromatic nitrogens is 5. The monoisotopic (exact) mass is 447 g/mol. The van der Waals surface area contributed by atoms with Gasteiger partial charge < -0.3 is 9.47 Å². The Hall–Kier alpha value is -4.09. The molecule has 166 valence electrons. The number of halogens is 3. The molecule has 0 radical (unpaired) electrons. The highest BCUT2D eigenvalue weighted by Crippen LogP contribution is 2.29. The number of rotatable bonds is 5. The molecular formula is C20H16F3N5O4. The largest absolute Gasteiger partial charge is 0.573 e. The number of nitrogens with zero attached hydrogens (tertiary/aromatic N) is 4. The number of ether oxygens (including phenoxy) is 2. The number of aryl methyl sites for hydroxylation is 1. The van der Waals surface area contributed by atoms with Crippen LogP contribution in [0, 0.1) is 6.92 Å². The van der Waals surface area contributed by atoms with Gasteiger partial charge in [-0.05, 0) is 30.2 Å². The predicted octanol–water partition coefficient (Wildman–Crippen LogP) is 2.87. The number of hydrogen-bond donors (Lipinski definition) is 1. The molecule has 3 heterocycles. The highest BCUT2D eigenvalue weighted by atomic mass is 19.4. The smallest absolute Gasteiger partial charge is 0.425 e. The lowest BCUT2D eigenvalue weighted by Gasteiger charge is -2.12. The molecule has 9 nitrogen and oxygen atoms in total. The highest BCUT2D eigenvalue weighted by molar-refractivity contribution is 5.71. The van der Waals surface area contributed by atoms with Gasteiger partial charge in [0.1, 0.15) is 11.5 Å². The number of hydrogen-bond acceptors (Lipinski definition) is 6. The van der Waals surface area contributed by atoms with Crippen molar-refractivity contribution < 1.29 is 22.6 Å². The molecule has 0 saturated heterocycles. The number of alkyl halides is 3. The van der Waals surface area contributed by atoms with Crippen LogP contribution >= 0.6 is 0 Å². The summed E-state index contributed by atoms with van der Waals surface area (Å²) in [6, 6.07) is 6.61. The van der Waals surface area contributed by atoms with Crippen LogP contribution in [0.1, 0.15) is 11.1 Å². The molecule has 12 heteroatoms. The number of fused-ring (bicyclic) bond motifs is 1. The lowest BCUT2D eigenvalue weighted by molar-refractivity contribution is -0.274. The first-order chi connectivity index (χ1) is 15.1. The van der Waals surface area contributed by atoms with Gasteiger partial charge >= 0.3 is 18.1 Å². The molecule has 4 rings (SSSR count). The minimum Gasteiger partial charge on any atom is -0.425 e. The number of H-pyrrole nitrogens is 1. The van der Waals surface area contributed by atoms with Gasteiger partial charge in [0.25, 0.3) is 5.56 Å². The molecule has 32 heavy (non-hydrogen) atoms. The van der Waals surface area contributed by atoms with Gasteiger partial charge in [-0.25, -0.2) is 4.79 Å². The highest BCUT2D eigenvalue weighted by Gasteiger charge is 2.31. The molecule has 0 aliphatic rings. The van der Waals surface area contributed by atoms with Crippen LogP contribution in [0.3, 0.4) is 0 Å². The first-order valence-electron chi connectivity index (χ1n) is 9.24. The van der Waals surface area contributed by atoms with E-state index < -0.39 is 23.4 Å². The summed E-state index contributed by atoms with van der Waals surface area (Å²) in [7, 11) is 1.31. The Morgan fingerprint density at radius 2 is 1.88 bits per heavy atom. The average Bonchev–Trinajstić information content (AvgIpc) is 3.02. The standard InChI is InChI=1S/C20H16F3N5O4/c1-11-6-12(9-24-8-11)10-28-15-16(25-18(30)27(2)17(15)29)26-19(28)31-13-4-3-5-14(7-13)32-20(21,22)23/h3-9H,10H2,1-2H3,(H,25,30). The zero-order valence-electron chi connectivity index (χ0n) is 16.8. The molecule has 0 amide bonds. The minimum atomic E-state index is -4.87. The summed E-state index contributed by atoms with van der Waals surface area (Å²) in [5.41, 5.74) is 0.365. The summed E-state index contributed by atoms with van der Waals surface area (Å²) >= 11 is 0. The van der Waals surface area contributed by atoms with E-state index in [0.29, 0.717) is 0 Å². The summed E-state index contributed by atoms with van der Waals surface area (Å²) in [6.07, 6.45) is -1.61.